The summed E-state index contributed by atoms with van der Waals surface area (Å²) in [6.45, 7) is 1.15. The van der Waals surface area contributed by atoms with Crippen LogP contribution >= 0.6 is 0 Å². The molecule has 5 heteroatoms. The Labute approximate surface area is 105 Å². The number of rotatable bonds is 3. The molecule has 1 heterocycles. The fourth-order valence-corrected chi connectivity index (χ4v) is 5.40. The van der Waals surface area contributed by atoms with Crippen LogP contribution in [0.2, 0.25) is 0 Å². The van der Waals surface area contributed by atoms with E-state index < -0.39 is 10.0 Å². The Morgan fingerprint density at radius 2 is 1.65 bits per heavy atom. The van der Waals surface area contributed by atoms with Gasteiger partial charge in [-0.25, -0.2) is 8.42 Å². The summed E-state index contributed by atoms with van der Waals surface area (Å²) in [7, 11) is -3.09. The van der Waals surface area contributed by atoms with Crippen LogP contribution in [0.4, 0.5) is 0 Å². The van der Waals surface area contributed by atoms with Gasteiger partial charge in [0.05, 0.1) is 5.25 Å². The molecule has 0 bridgehead atoms. The molecule has 1 saturated heterocycles. The van der Waals surface area contributed by atoms with Crippen LogP contribution in [0.3, 0.4) is 0 Å². The summed E-state index contributed by atoms with van der Waals surface area (Å²) in [6.07, 6.45) is 8.03. The highest BCUT2D eigenvalue weighted by molar-refractivity contribution is 7.89. The quantitative estimate of drug-likeness (QED) is 0.835. The van der Waals surface area contributed by atoms with E-state index in [1.807, 2.05) is 0 Å². The van der Waals surface area contributed by atoms with Gasteiger partial charge in [0.2, 0.25) is 10.0 Å². The molecule has 1 atom stereocenters. The molecule has 2 aliphatic rings. The van der Waals surface area contributed by atoms with Gasteiger partial charge in [-0.05, 0) is 25.7 Å². The first-order valence-corrected chi connectivity index (χ1v) is 8.37. The third-order valence-corrected chi connectivity index (χ3v) is 6.59. The molecule has 1 aliphatic heterocycles. The van der Waals surface area contributed by atoms with Crippen LogP contribution in [-0.4, -0.2) is 37.1 Å². The number of hydrogen-bond donors (Lipinski definition) is 1. The Morgan fingerprint density at radius 3 is 2.29 bits per heavy atom. The highest BCUT2D eigenvalue weighted by atomic mass is 32.2. The van der Waals surface area contributed by atoms with Crippen LogP contribution in [0, 0.1) is 0 Å². The largest absolute Gasteiger partial charge is 0.329 e. The molecular formula is C12H24N2O2S. The second kappa shape index (κ2) is 5.67. The number of hydrogen-bond acceptors (Lipinski definition) is 3. The lowest BCUT2D eigenvalue weighted by atomic mass is 10.0. The van der Waals surface area contributed by atoms with Crippen molar-refractivity contribution in [3.63, 3.8) is 0 Å². The maximum absolute atomic E-state index is 12.6. The minimum atomic E-state index is -3.09. The third-order valence-electron chi connectivity index (χ3n) is 4.15. The average molecular weight is 260 g/mol. The van der Waals surface area contributed by atoms with E-state index in [-0.39, 0.29) is 11.3 Å². The topological polar surface area (TPSA) is 63.4 Å². The first kappa shape index (κ1) is 13.3. The van der Waals surface area contributed by atoms with Crippen molar-refractivity contribution in [3.05, 3.63) is 0 Å². The van der Waals surface area contributed by atoms with Crippen molar-refractivity contribution in [3.8, 4) is 0 Å². The maximum Gasteiger partial charge on any atom is 0.217 e. The minimum absolute atomic E-state index is 0.0516. The van der Waals surface area contributed by atoms with Crippen LogP contribution in [0.5, 0.6) is 0 Å². The molecule has 2 rings (SSSR count). The standard InChI is InChI=1S/C12H24N2O2S/c13-10-11-6-4-5-9-14(11)17(15,16)12-7-2-1-3-8-12/h11-12H,1-10,13H2. The third kappa shape index (κ3) is 2.83. The van der Waals surface area contributed by atoms with Crippen molar-refractivity contribution in [1.82, 2.24) is 4.31 Å². The lowest BCUT2D eigenvalue weighted by Crippen LogP contribution is -2.50. The van der Waals surface area contributed by atoms with E-state index in [9.17, 15) is 8.42 Å². The zero-order chi connectivity index (χ0) is 12.3. The smallest absolute Gasteiger partial charge is 0.217 e. The van der Waals surface area contributed by atoms with Gasteiger partial charge in [-0.15, -0.1) is 0 Å². The van der Waals surface area contributed by atoms with Crippen molar-refractivity contribution in [2.75, 3.05) is 13.1 Å². The van der Waals surface area contributed by atoms with Gasteiger partial charge in [0.15, 0.2) is 0 Å². The molecule has 0 aromatic heterocycles. The summed E-state index contributed by atoms with van der Waals surface area (Å²) < 4.78 is 26.9. The van der Waals surface area contributed by atoms with Crippen molar-refractivity contribution in [2.45, 2.75) is 62.7 Å². The van der Waals surface area contributed by atoms with Crippen molar-refractivity contribution >= 4 is 10.0 Å². The zero-order valence-corrected chi connectivity index (χ0v) is 11.3. The second-order valence-corrected chi connectivity index (χ2v) is 7.47. The van der Waals surface area contributed by atoms with E-state index in [1.54, 1.807) is 4.31 Å². The Kier molecular flexibility index (Phi) is 4.44. The van der Waals surface area contributed by atoms with E-state index in [0.29, 0.717) is 13.1 Å². The Balaban J connectivity index is 2.11. The summed E-state index contributed by atoms with van der Waals surface area (Å²) in [5.41, 5.74) is 5.71. The molecule has 100 valence electrons. The molecule has 1 saturated carbocycles. The SMILES string of the molecule is NCC1CCCCN1S(=O)(=O)C1CCCCC1. The monoisotopic (exact) mass is 260 g/mol. The number of nitrogens with two attached hydrogens (primary N) is 1. The molecule has 0 aromatic rings. The van der Waals surface area contributed by atoms with Gasteiger partial charge in [0.1, 0.15) is 0 Å². The van der Waals surface area contributed by atoms with Crippen LogP contribution in [0.25, 0.3) is 0 Å². The molecule has 2 fully saturated rings. The van der Waals surface area contributed by atoms with Gasteiger partial charge in [-0.3, -0.25) is 0 Å². The molecule has 0 spiro atoms. The zero-order valence-electron chi connectivity index (χ0n) is 10.5. The van der Waals surface area contributed by atoms with E-state index in [4.69, 9.17) is 5.73 Å². The lowest BCUT2D eigenvalue weighted by molar-refractivity contribution is 0.252. The second-order valence-electron chi connectivity index (χ2n) is 5.30. The van der Waals surface area contributed by atoms with Crippen LogP contribution in [0.1, 0.15) is 51.4 Å². The van der Waals surface area contributed by atoms with Crippen molar-refractivity contribution in [1.29, 1.82) is 0 Å². The highest BCUT2D eigenvalue weighted by Crippen LogP contribution is 2.29. The van der Waals surface area contributed by atoms with Crippen LogP contribution in [0.15, 0.2) is 0 Å². The Hall–Kier alpha value is -0.130. The Morgan fingerprint density at radius 1 is 1.00 bits per heavy atom. The Bertz CT molecular complexity index is 336. The van der Waals surface area contributed by atoms with E-state index in [0.717, 1.165) is 44.9 Å². The van der Waals surface area contributed by atoms with Gasteiger partial charge in [0, 0.05) is 19.1 Å². The van der Waals surface area contributed by atoms with E-state index >= 15 is 0 Å². The molecule has 0 aromatic carbocycles. The molecule has 1 aliphatic carbocycles. The number of sulfonamides is 1. The van der Waals surface area contributed by atoms with Gasteiger partial charge in [-0.1, -0.05) is 25.7 Å². The van der Waals surface area contributed by atoms with Gasteiger partial charge in [-0.2, -0.15) is 4.31 Å². The lowest BCUT2D eigenvalue weighted by Gasteiger charge is -2.37. The molecule has 1 unspecified atom stereocenters. The summed E-state index contributed by atoms with van der Waals surface area (Å²) >= 11 is 0. The normalized spacial score (nSPS) is 29.4. The minimum Gasteiger partial charge on any atom is -0.329 e. The summed E-state index contributed by atoms with van der Waals surface area (Å²) in [6, 6.07) is 0.0516. The van der Waals surface area contributed by atoms with Gasteiger partial charge < -0.3 is 5.73 Å². The summed E-state index contributed by atoms with van der Waals surface area (Å²) in [4.78, 5) is 0. The summed E-state index contributed by atoms with van der Waals surface area (Å²) in [5, 5.41) is -0.136. The molecule has 4 nitrogen and oxygen atoms in total. The van der Waals surface area contributed by atoms with E-state index in [2.05, 4.69) is 0 Å². The molecule has 2 N–H and O–H groups in total. The molecule has 17 heavy (non-hydrogen) atoms. The predicted molar refractivity (Wildman–Crippen MR) is 69.2 cm³/mol. The first-order valence-electron chi connectivity index (χ1n) is 6.87. The van der Waals surface area contributed by atoms with Crippen LogP contribution < -0.4 is 5.73 Å². The number of piperidine rings is 1. The van der Waals surface area contributed by atoms with Gasteiger partial charge >= 0.3 is 0 Å². The fourth-order valence-electron chi connectivity index (χ4n) is 3.10. The molecule has 0 radical (unpaired) electrons. The predicted octanol–water partition coefficient (Wildman–Crippen LogP) is 1.46. The summed E-state index contributed by atoms with van der Waals surface area (Å²) in [5.74, 6) is 0. The van der Waals surface area contributed by atoms with Crippen LogP contribution in [-0.2, 0) is 10.0 Å². The van der Waals surface area contributed by atoms with Crippen molar-refractivity contribution < 1.29 is 8.42 Å². The first-order chi connectivity index (χ1) is 8.16. The number of nitrogens with zero attached hydrogens (tertiary/aromatic N) is 1. The van der Waals surface area contributed by atoms with E-state index in [1.165, 1.54) is 6.42 Å². The molecule has 0 amide bonds. The molecular weight excluding hydrogens is 236 g/mol. The van der Waals surface area contributed by atoms with Gasteiger partial charge in [0.25, 0.3) is 0 Å². The highest BCUT2D eigenvalue weighted by Gasteiger charge is 2.37. The average Bonchev–Trinajstić information content (AvgIpc) is 2.39. The maximum atomic E-state index is 12.6. The fraction of sp³-hybridized carbons (Fsp3) is 1.00. The van der Waals surface area contributed by atoms with Crippen molar-refractivity contribution in [2.24, 2.45) is 5.73 Å².